The molecular weight excluding hydrogens is 358 g/mol. The third-order valence-corrected chi connectivity index (χ3v) is 5.04. The Balaban J connectivity index is 1.93. The van der Waals surface area contributed by atoms with Crippen molar-refractivity contribution < 1.29 is 9.15 Å². The van der Waals surface area contributed by atoms with Crippen LogP contribution in [0.3, 0.4) is 0 Å². The molecule has 3 rings (SSSR count). The lowest BCUT2D eigenvalue weighted by atomic mass is 10.1. The molecule has 0 fully saturated rings. The van der Waals surface area contributed by atoms with Crippen LogP contribution in [0.4, 0.5) is 0 Å². The predicted molar refractivity (Wildman–Crippen MR) is 103 cm³/mol. The van der Waals surface area contributed by atoms with Crippen LogP contribution in [0.5, 0.6) is 5.75 Å². The molecule has 2 heterocycles. The van der Waals surface area contributed by atoms with E-state index in [0.29, 0.717) is 24.4 Å². The lowest BCUT2D eigenvalue weighted by Crippen LogP contribution is -2.23. The van der Waals surface area contributed by atoms with Gasteiger partial charge in [0.2, 0.25) is 0 Å². The maximum absolute atomic E-state index is 11.9. The minimum absolute atomic E-state index is 0.367. The Hall–Kier alpha value is -2.08. The van der Waals surface area contributed by atoms with Crippen molar-refractivity contribution in [1.29, 1.82) is 0 Å². The van der Waals surface area contributed by atoms with Crippen LogP contribution in [0.15, 0.2) is 58.3 Å². The van der Waals surface area contributed by atoms with E-state index in [0.717, 1.165) is 21.8 Å². The molecule has 25 heavy (non-hydrogen) atoms. The molecule has 0 unspecified atom stereocenters. The van der Waals surface area contributed by atoms with Gasteiger partial charge in [0.25, 0.3) is 0 Å². The van der Waals surface area contributed by atoms with Crippen molar-refractivity contribution in [3.8, 4) is 5.75 Å². The van der Waals surface area contributed by atoms with Crippen LogP contribution >= 0.6 is 22.9 Å². The zero-order valence-corrected chi connectivity index (χ0v) is 15.4. The first kappa shape index (κ1) is 17.7. The van der Waals surface area contributed by atoms with Crippen molar-refractivity contribution in [3.05, 3.63) is 74.3 Å². The number of rotatable bonds is 7. The van der Waals surface area contributed by atoms with Crippen LogP contribution in [0, 0.1) is 0 Å². The predicted octanol–water partition coefficient (Wildman–Crippen LogP) is 4.70. The first-order valence-corrected chi connectivity index (χ1v) is 8.96. The molecule has 0 saturated heterocycles. The van der Waals surface area contributed by atoms with E-state index in [1.54, 1.807) is 30.6 Å². The number of fused-ring (bicyclic) bond motifs is 1. The first-order chi connectivity index (χ1) is 12.1. The minimum atomic E-state index is -0.367. The standard InChI is InChI=1S/C19H18ClNO3S/c1-3-8-21(12-15-5-7-18(20)25-15)11-13-9-19(22)24-17-10-14(23-2)4-6-16(13)17/h3-7,9-10H,1,8,11-12H2,2H3. The quantitative estimate of drug-likeness (QED) is 0.443. The number of ether oxygens (including phenoxy) is 1. The summed E-state index contributed by atoms with van der Waals surface area (Å²) in [6, 6.07) is 11.0. The Morgan fingerprint density at radius 3 is 2.80 bits per heavy atom. The average Bonchev–Trinajstić information content (AvgIpc) is 2.99. The van der Waals surface area contributed by atoms with Gasteiger partial charge in [0, 0.05) is 42.0 Å². The minimum Gasteiger partial charge on any atom is -0.497 e. The molecule has 3 aromatic rings. The largest absolute Gasteiger partial charge is 0.497 e. The van der Waals surface area contributed by atoms with Gasteiger partial charge in [-0.3, -0.25) is 4.90 Å². The highest BCUT2D eigenvalue weighted by atomic mass is 35.5. The van der Waals surface area contributed by atoms with Crippen LogP contribution in [-0.4, -0.2) is 18.6 Å². The molecule has 1 aromatic carbocycles. The SMILES string of the molecule is C=CCN(Cc1ccc(Cl)s1)Cc1cc(=O)oc2cc(OC)ccc12. The fraction of sp³-hybridized carbons (Fsp3) is 0.211. The Kier molecular flexibility index (Phi) is 5.58. The van der Waals surface area contributed by atoms with Crippen LogP contribution in [-0.2, 0) is 13.1 Å². The van der Waals surface area contributed by atoms with E-state index in [-0.39, 0.29) is 5.63 Å². The zero-order valence-electron chi connectivity index (χ0n) is 13.8. The summed E-state index contributed by atoms with van der Waals surface area (Å²) in [6.45, 7) is 5.88. The summed E-state index contributed by atoms with van der Waals surface area (Å²) in [7, 11) is 1.58. The molecule has 130 valence electrons. The summed E-state index contributed by atoms with van der Waals surface area (Å²) < 4.78 is 11.3. The van der Waals surface area contributed by atoms with Crippen LogP contribution in [0.1, 0.15) is 10.4 Å². The average molecular weight is 376 g/mol. The van der Waals surface area contributed by atoms with Crippen LogP contribution < -0.4 is 10.4 Å². The van der Waals surface area contributed by atoms with E-state index in [1.165, 1.54) is 4.88 Å². The second-order valence-corrected chi connectivity index (χ2v) is 7.42. The van der Waals surface area contributed by atoms with Gasteiger partial charge in [-0.25, -0.2) is 4.79 Å². The van der Waals surface area contributed by atoms with Gasteiger partial charge < -0.3 is 9.15 Å². The van der Waals surface area contributed by atoms with Gasteiger partial charge in [0.05, 0.1) is 11.4 Å². The lowest BCUT2D eigenvalue weighted by Gasteiger charge is -2.20. The number of methoxy groups -OCH3 is 1. The first-order valence-electron chi connectivity index (χ1n) is 7.77. The maximum Gasteiger partial charge on any atom is 0.336 e. The topological polar surface area (TPSA) is 42.7 Å². The highest BCUT2D eigenvalue weighted by Gasteiger charge is 2.12. The van der Waals surface area contributed by atoms with Crippen molar-refractivity contribution in [2.75, 3.05) is 13.7 Å². The second kappa shape index (κ2) is 7.87. The highest BCUT2D eigenvalue weighted by molar-refractivity contribution is 7.16. The fourth-order valence-electron chi connectivity index (χ4n) is 2.73. The van der Waals surface area contributed by atoms with Gasteiger partial charge >= 0.3 is 5.63 Å². The Morgan fingerprint density at radius 1 is 1.28 bits per heavy atom. The zero-order chi connectivity index (χ0) is 17.8. The molecule has 0 aliphatic heterocycles. The third kappa shape index (κ3) is 4.31. The summed E-state index contributed by atoms with van der Waals surface area (Å²) in [4.78, 5) is 15.3. The number of benzene rings is 1. The number of hydrogen-bond donors (Lipinski definition) is 0. The molecule has 0 aliphatic rings. The van der Waals surface area contributed by atoms with Crippen molar-refractivity contribution in [1.82, 2.24) is 4.90 Å². The summed E-state index contributed by atoms with van der Waals surface area (Å²) >= 11 is 7.58. The van der Waals surface area contributed by atoms with E-state index >= 15 is 0 Å². The molecule has 0 bridgehead atoms. The Labute approximate surface area is 154 Å². The molecule has 0 saturated carbocycles. The molecule has 2 aromatic heterocycles. The number of thiophene rings is 1. The molecule has 0 radical (unpaired) electrons. The van der Waals surface area contributed by atoms with E-state index < -0.39 is 0 Å². The smallest absolute Gasteiger partial charge is 0.336 e. The molecule has 4 nitrogen and oxygen atoms in total. The van der Waals surface area contributed by atoms with E-state index in [2.05, 4.69) is 11.5 Å². The van der Waals surface area contributed by atoms with Crippen molar-refractivity contribution >= 4 is 33.9 Å². The monoisotopic (exact) mass is 375 g/mol. The van der Waals surface area contributed by atoms with E-state index in [4.69, 9.17) is 20.8 Å². The van der Waals surface area contributed by atoms with Gasteiger partial charge in [-0.15, -0.1) is 17.9 Å². The van der Waals surface area contributed by atoms with Crippen LogP contribution in [0.2, 0.25) is 4.34 Å². The van der Waals surface area contributed by atoms with E-state index in [9.17, 15) is 4.79 Å². The molecule has 0 aliphatic carbocycles. The Morgan fingerprint density at radius 2 is 2.12 bits per heavy atom. The summed E-state index contributed by atoms with van der Waals surface area (Å²) in [6.07, 6.45) is 1.85. The van der Waals surface area contributed by atoms with Gasteiger partial charge in [-0.1, -0.05) is 17.7 Å². The number of hydrogen-bond acceptors (Lipinski definition) is 5. The second-order valence-electron chi connectivity index (χ2n) is 5.62. The van der Waals surface area contributed by atoms with E-state index in [1.807, 2.05) is 30.3 Å². The number of nitrogens with zero attached hydrogens (tertiary/aromatic N) is 1. The van der Waals surface area contributed by atoms with Crippen molar-refractivity contribution in [2.45, 2.75) is 13.1 Å². The fourth-order valence-corrected chi connectivity index (χ4v) is 3.86. The van der Waals surface area contributed by atoms with Crippen molar-refractivity contribution in [2.24, 2.45) is 0 Å². The molecule has 0 spiro atoms. The van der Waals surface area contributed by atoms with Gasteiger partial charge in [-0.2, -0.15) is 0 Å². The number of halogens is 1. The molecule has 0 atom stereocenters. The molecular formula is C19H18ClNO3S. The normalized spacial score (nSPS) is 11.2. The summed E-state index contributed by atoms with van der Waals surface area (Å²) in [5, 5.41) is 0.902. The van der Waals surface area contributed by atoms with Crippen LogP contribution in [0.25, 0.3) is 11.0 Å². The Bertz CT molecular complexity index is 947. The highest BCUT2D eigenvalue weighted by Crippen LogP contribution is 2.26. The maximum atomic E-state index is 11.9. The summed E-state index contributed by atoms with van der Waals surface area (Å²) in [5.41, 5.74) is 1.08. The molecule has 0 amide bonds. The third-order valence-electron chi connectivity index (χ3n) is 3.83. The van der Waals surface area contributed by atoms with Gasteiger partial charge in [0.1, 0.15) is 11.3 Å². The van der Waals surface area contributed by atoms with Crippen molar-refractivity contribution in [3.63, 3.8) is 0 Å². The molecule has 0 N–H and O–H groups in total. The van der Waals surface area contributed by atoms with Gasteiger partial charge in [0.15, 0.2) is 0 Å². The molecule has 6 heteroatoms. The lowest BCUT2D eigenvalue weighted by molar-refractivity contribution is 0.289. The van der Waals surface area contributed by atoms with Gasteiger partial charge in [-0.05, 0) is 29.8 Å². The summed E-state index contributed by atoms with van der Waals surface area (Å²) in [5.74, 6) is 0.656.